The molecule has 2 unspecified atom stereocenters. The van der Waals surface area contributed by atoms with Gasteiger partial charge in [0.2, 0.25) is 5.91 Å². The molecular formula is C10H20N2O2. The van der Waals surface area contributed by atoms with Crippen molar-refractivity contribution in [1.29, 1.82) is 0 Å². The average molecular weight is 200 g/mol. The summed E-state index contributed by atoms with van der Waals surface area (Å²) in [7, 11) is 0. The number of carbonyl (C=O) groups is 1. The van der Waals surface area contributed by atoms with Crippen molar-refractivity contribution in [2.24, 2.45) is 5.73 Å². The van der Waals surface area contributed by atoms with Gasteiger partial charge >= 0.3 is 0 Å². The second-order valence-corrected chi connectivity index (χ2v) is 3.81. The first-order chi connectivity index (χ1) is 6.72. The molecule has 0 aromatic rings. The Kier molecular flexibility index (Phi) is 4.90. The molecule has 0 spiro atoms. The first kappa shape index (κ1) is 11.5. The van der Waals surface area contributed by atoms with Crippen LogP contribution in [0.3, 0.4) is 0 Å². The number of carbonyl (C=O) groups excluding carboxylic acids is 1. The van der Waals surface area contributed by atoms with Gasteiger partial charge < -0.3 is 15.8 Å². The fourth-order valence-electron chi connectivity index (χ4n) is 1.47. The van der Waals surface area contributed by atoms with E-state index in [4.69, 9.17) is 10.5 Å². The van der Waals surface area contributed by atoms with E-state index in [2.05, 4.69) is 5.32 Å². The highest BCUT2D eigenvalue weighted by molar-refractivity contribution is 5.76. The van der Waals surface area contributed by atoms with Crippen LogP contribution in [-0.4, -0.2) is 31.2 Å². The Bertz CT molecular complexity index is 179. The largest absolute Gasteiger partial charge is 0.378 e. The maximum Gasteiger partial charge on any atom is 0.222 e. The third-order valence-electron chi connectivity index (χ3n) is 2.52. The first-order valence-corrected chi connectivity index (χ1v) is 5.36. The molecule has 1 amide bonds. The van der Waals surface area contributed by atoms with E-state index in [-0.39, 0.29) is 18.1 Å². The molecule has 0 aromatic carbocycles. The lowest BCUT2D eigenvalue weighted by atomic mass is 10.1. The lowest BCUT2D eigenvalue weighted by molar-refractivity contribution is -0.123. The predicted octanol–water partition coefficient (Wildman–Crippen LogP) is 0.409. The van der Waals surface area contributed by atoms with Crippen LogP contribution in [0.5, 0.6) is 0 Å². The van der Waals surface area contributed by atoms with Crippen molar-refractivity contribution in [3.05, 3.63) is 0 Å². The molecule has 1 aliphatic heterocycles. The van der Waals surface area contributed by atoms with Crippen molar-refractivity contribution in [2.75, 3.05) is 13.2 Å². The number of amides is 1. The predicted molar refractivity (Wildman–Crippen MR) is 54.9 cm³/mol. The summed E-state index contributed by atoms with van der Waals surface area (Å²) in [5.74, 6) is 0.0563. The van der Waals surface area contributed by atoms with Crippen molar-refractivity contribution < 1.29 is 9.53 Å². The van der Waals surface area contributed by atoms with Gasteiger partial charge in [-0.2, -0.15) is 0 Å². The van der Waals surface area contributed by atoms with Crippen molar-refractivity contribution in [1.82, 2.24) is 5.32 Å². The average Bonchev–Trinajstić information content (AvgIpc) is 2.66. The quantitative estimate of drug-likeness (QED) is 0.675. The lowest BCUT2D eigenvalue weighted by Gasteiger charge is -2.12. The topological polar surface area (TPSA) is 64.3 Å². The summed E-state index contributed by atoms with van der Waals surface area (Å²) in [6.45, 7) is 3.38. The molecule has 0 aromatic heterocycles. The van der Waals surface area contributed by atoms with E-state index in [0.717, 1.165) is 25.9 Å². The van der Waals surface area contributed by atoms with E-state index in [1.165, 1.54) is 0 Å². The Labute approximate surface area is 85.2 Å². The summed E-state index contributed by atoms with van der Waals surface area (Å²) in [4.78, 5) is 11.4. The van der Waals surface area contributed by atoms with Crippen LogP contribution in [0.1, 0.15) is 32.6 Å². The van der Waals surface area contributed by atoms with Crippen molar-refractivity contribution in [2.45, 2.75) is 44.8 Å². The molecule has 1 aliphatic rings. The third-order valence-corrected chi connectivity index (χ3v) is 2.52. The number of hydrogen-bond acceptors (Lipinski definition) is 3. The van der Waals surface area contributed by atoms with Crippen LogP contribution in [0.15, 0.2) is 0 Å². The Morgan fingerprint density at radius 3 is 3.07 bits per heavy atom. The zero-order chi connectivity index (χ0) is 10.4. The van der Waals surface area contributed by atoms with Gasteiger partial charge in [-0.05, 0) is 19.3 Å². The number of rotatable bonds is 5. The molecule has 2 atom stereocenters. The van der Waals surface area contributed by atoms with E-state index in [0.29, 0.717) is 13.0 Å². The molecule has 14 heavy (non-hydrogen) atoms. The Morgan fingerprint density at radius 1 is 1.71 bits per heavy atom. The smallest absolute Gasteiger partial charge is 0.222 e. The number of ether oxygens (including phenoxy) is 1. The molecule has 1 saturated heterocycles. The van der Waals surface area contributed by atoms with E-state index in [9.17, 15) is 4.79 Å². The van der Waals surface area contributed by atoms with Gasteiger partial charge in [-0.3, -0.25) is 4.79 Å². The number of nitrogens with one attached hydrogen (secondary N) is 1. The third kappa shape index (κ3) is 4.07. The summed E-state index contributed by atoms with van der Waals surface area (Å²) >= 11 is 0. The van der Waals surface area contributed by atoms with Gasteiger partial charge in [0, 0.05) is 19.2 Å². The van der Waals surface area contributed by atoms with E-state index < -0.39 is 0 Å². The van der Waals surface area contributed by atoms with Gasteiger partial charge in [0.25, 0.3) is 0 Å². The van der Waals surface area contributed by atoms with Gasteiger partial charge in [-0.1, -0.05) is 6.92 Å². The minimum Gasteiger partial charge on any atom is -0.378 e. The minimum absolute atomic E-state index is 0.0563. The fraction of sp³-hybridized carbons (Fsp3) is 0.900. The molecule has 4 heteroatoms. The Hall–Kier alpha value is -0.610. The SMILES string of the molecule is CCC(N)CNC(=O)CC1CCCO1. The fourth-order valence-corrected chi connectivity index (χ4v) is 1.47. The summed E-state index contributed by atoms with van der Waals surface area (Å²) in [6.07, 6.45) is 3.59. The second kappa shape index (κ2) is 5.98. The molecular weight excluding hydrogens is 180 g/mol. The number of nitrogens with two attached hydrogens (primary N) is 1. The molecule has 0 saturated carbocycles. The first-order valence-electron chi connectivity index (χ1n) is 5.36. The highest BCUT2D eigenvalue weighted by atomic mass is 16.5. The van der Waals surface area contributed by atoms with Crippen molar-refractivity contribution in [3.63, 3.8) is 0 Å². The van der Waals surface area contributed by atoms with E-state index >= 15 is 0 Å². The standard InChI is InChI=1S/C10H20N2O2/c1-2-8(11)7-12-10(13)6-9-4-3-5-14-9/h8-9H,2-7,11H2,1H3,(H,12,13). The molecule has 0 radical (unpaired) electrons. The zero-order valence-corrected chi connectivity index (χ0v) is 8.79. The maximum absolute atomic E-state index is 11.4. The molecule has 0 bridgehead atoms. The molecule has 0 aliphatic carbocycles. The summed E-state index contributed by atoms with van der Waals surface area (Å²) in [6, 6.07) is 0.0726. The lowest BCUT2D eigenvalue weighted by Crippen LogP contribution is -2.37. The molecule has 1 fully saturated rings. The van der Waals surface area contributed by atoms with Gasteiger partial charge in [-0.15, -0.1) is 0 Å². The van der Waals surface area contributed by atoms with Crippen molar-refractivity contribution in [3.8, 4) is 0 Å². The Balaban J connectivity index is 2.09. The highest BCUT2D eigenvalue weighted by Crippen LogP contribution is 2.14. The van der Waals surface area contributed by atoms with Crippen molar-refractivity contribution >= 4 is 5.91 Å². The van der Waals surface area contributed by atoms with E-state index in [1.807, 2.05) is 6.92 Å². The molecule has 4 nitrogen and oxygen atoms in total. The van der Waals surface area contributed by atoms with E-state index in [1.54, 1.807) is 0 Å². The van der Waals surface area contributed by atoms with Crippen LogP contribution in [0.4, 0.5) is 0 Å². The van der Waals surface area contributed by atoms with Gasteiger partial charge in [-0.25, -0.2) is 0 Å². The monoisotopic (exact) mass is 200 g/mol. The van der Waals surface area contributed by atoms with Crippen LogP contribution < -0.4 is 11.1 Å². The normalized spacial score (nSPS) is 23.4. The van der Waals surface area contributed by atoms with Crippen LogP contribution in [0.25, 0.3) is 0 Å². The molecule has 82 valence electrons. The highest BCUT2D eigenvalue weighted by Gasteiger charge is 2.18. The van der Waals surface area contributed by atoms with Crippen LogP contribution in [0.2, 0.25) is 0 Å². The zero-order valence-electron chi connectivity index (χ0n) is 8.79. The molecule has 3 N–H and O–H groups in total. The maximum atomic E-state index is 11.4. The number of hydrogen-bond donors (Lipinski definition) is 2. The summed E-state index contributed by atoms with van der Waals surface area (Å²) in [5.41, 5.74) is 5.68. The van der Waals surface area contributed by atoms with Gasteiger partial charge in [0.15, 0.2) is 0 Å². The van der Waals surface area contributed by atoms with Gasteiger partial charge in [0.05, 0.1) is 12.5 Å². The summed E-state index contributed by atoms with van der Waals surface area (Å²) < 4.78 is 5.36. The van der Waals surface area contributed by atoms with Crippen LogP contribution in [0, 0.1) is 0 Å². The second-order valence-electron chi connectivity index (χ2n) is 3.81. The molecule has 1 heterocycles. The Morgan fingerprint density at radius 2 is 2.50 bits per heavy atom. The molecule has 1 rings (SSSR count). The summed E-state index contributed by atoms with van der Waals surface area (Å²) in [5, 5.41) is 2.82. The van der Waals surface area contributed by atoms with Crippen LogP contribution >= 0.6 is 0 Å². The van der Waals surface area contributed by atoms with Crippen LogP contribution in [-0.2, 0) is 9.53 Å². The van der Waals surface area contributed by atoms with Gasteiger partial charge in [0.1, 0.15) is 0 Å². The minimum atomic E-state index is 0.0563.